The lowest BCUT2D eigenvalue weighted by Gasteiger charge is -2.13. The highest BCUT2D eigenvalue weighted by molar-refractivity contribution is 6.43. The van der Waals surface area contributed by atoms with Crippen molar-refractivity contribution in [1.29, 1.82) is 0 Å². The Morgan fingerprint density at radius 3 is 2.30 bits per heavy atom. The minimum absolute atomic E-state index is 0.362. The van der Waals surface area contributed by atoms with E-state index < -0.39 is 0 Å². The quantitative estimate of drug-likeness (QED) is 0.813. The molecule has 0 radical (unpaired) electrons. The summed E-state index contributed by atoms with van der Waals surface area (Å²) < 4.78 is 5.73. The van der Waals surface area contributed by atoms with E-state index in [-0.39, 0.29) is 0 Å². The number of hydrogen-bond acceptors (Lipinski definition) is 4. The molecular weight excluding hydrogens is 321 g/mol. The fourth-order valence-corrected chi connectivity index (χ4v) is 2.21. The number of hydrogen-bond donors (Lipinski definition) is 1. The second kappa shape index (κ2) is 6.04. The summed E-state index contributed by atoms with van der Waals surface area (Å²) >= 11 is 17.9. The SMILES string of the molecule is CNc1nc(C)nc(Oc2cc(Cl)c(Cl)cc2Cl)c1C. The van der Waals surface area contributed by atoms with Crippen LogP contribution in [0, 0.1) is 13.8 Å². The van der Waals surface area contributed by atoms with E-state index in [0.717, 1.165) is 5.56 Å². The van der Waals surface area contributed by atoms with E-state index in [0.29, 0.717) is 38.3 Å². The molecule has 0 saturated heterocycles. The summed E-state index contributed by atoms with van der Waals surface area (Å²) in [5, 5.41) is 4.08. The first-order valence-electron chi connectivity index (χ1n) is 5.77. The molecular formula is C13H12Cl3N3O. The van der Waals surface area contributed by atoms with Gasteiger partial charge in [-0.1, -0.05) is 34.8 Å². The summed E-state index contributed by atoms with van der Waals surface area (Å²) in [6, 6.07) is 3.09. The number of aromatic nitrogens is 2. The molecule has 106 valence electrons. The molecule has 1 aromatic heterocycles. The maximum Gasteiger partial charge on any atom is 0.227 e. The predicted molar refractivity (Wildman–Crippen MR) is 82.6 cm³/mol. The van der Waals surface area contributed by atoms with Crippen LogP contribution in [-0.2, 0) is 0 Å². The Morgan fingerprint density at radius 2 is 1.65 bits per heavy atom. The van der Waals surface area contributed by atoms with E-state index in [2.05, 4.69) is 15.3 Å². The topological polar surface area (TPSA) is 47.0 Å². The van der Waals surface area contributed by atoms with Crippen molar-refractivity contribution in [2.75, 3.05) is 12.4 Å². The number of aryl methyl sites for hydroxylation is 1. The van der Waals surface area contributed by atoms with Gasteiger partial charge >= 0.3 is 0 Å². The molecule has 0 fully saturated rings. The second-order valence-corrected chi connectivity index (χ2v) is 5.32. The molecule has 2 aromatic rings. The second-order valence-electron chi connectivity index (χ2n) is 4.10. The molecule has 20 heavy (non-hydrogen) atoms. The molecule has 0 aliphatic rings. The Labute approximate surface area is 132 Å². The predicted octanol–water partition coefficient (Wildman–Crippen LogP) is 4.89. The van der Waals surface area contributed by atoms with Crippen LogP contribution in [0.5, 0.6) is 11.6 Å². The highest BCUT2D eigenvalue weighted by Crippen LogP contribution is 2.37. The molecule has 0 atom stereocenters. The van der Waals surface area contributed by atoms with Gasteiger partial charge in [0, 0.05) is 13.1 Å². The molecule has 1 N–H and O–H groups in total. The Balaban J connectivity index is 2.45. The minimum atomic E-state index is 0.362. The van der Waals surface area contributed by atoms with Gasteiger partial charge in [-0.15, -0.1) is 0 Å². The van der Waals surface area contributed by atoms with Crippen LogP contribution in [-0.4, -0.2) is 17.0 Å². The largest absolute Gasteiger partial charge is 0.437 e. The van der Waals surface area contributed by atoms with Crippen LogP contribution in [0.1, 0.15) is 11.4 Å². The summed E-state index contributed by atoms with van der Waals surface area (Å²) in [7, 11) is 1.78. The van der Waals surface area contributed by atoms with E-state index in [1.807, 2.05) is 6.92 Å². The fourth-order valence-electron chi connectivity index (χ4n) is 1.63. The van der Waals surface area contributed by atoms with Crippen molar-refractivity contribution in [1.82, 2.24) is 9.97 Å². The third-order valence-corrected chi connectivity index (χ3v) is 3.65. The molecule has 0 saturated carbocycles. The fraction of sp³-hybridized carbons (Fsp3) is 0.231. The molecule has 4 nitrogen and oxygen atoms in total. The highest BCUT2D eigenvalue weighted by Gasteiger charge is 2.13. The van der Waals surface area contributed by atoms with Crippen molar-refractivity contribution >= 4 is 40.6 Å². The van der Waals surface area contributed by atoms with Gasteiger partial charge in [0.15, 0.2) is 0 Å². The molecule has 1 aromatic carbocycles. The highest BCUT2D eigenvalue weighted by atomic mass is 35.5. The van der Waals surface area contributed by atoms with Crippen molar-refractivity contribution in [2.24, 2.45) is 0 Å². The van der Waals surface area contributed by atoms with Crippen LogP contribution < -0.4 is 10.1 Å². The van der Waals surface area contributed by atoms with Crippen molar-refractivity contribution < 1.29 is 4.74 Å². The number of nitrogens with one attached hydrogen (secondary N) is 1. The number of anilines is 1. The number of ether oxygens (including phenoxy) is 1. The van der Waals surface area contributed by atoms with Crippen LogP contribution in [0.2, 0.25) is 15.1 Å². The molecule has 0 aliphatic heterocycles. The zero-order valence-corrected chi connectivity index (χ0v) is 13.4. The maximum atomic E-state index is 6.09. The number of halogens is 3. The van der Waals surface area contributed by atoms with Crippen LogP contribution >= 0.6 is 34.8 Å². The monoisotopic (exact) mass is 331 g/mol. The molecule has 2 rings (SSSR count). The average molecular weight is 333 g/mol. The molecule has 0 unspecified atom stereocenters. The van der Waals surface area contributed by atoms with E-state index in [1.165, 1.54) is 6.07 Å². The Hall–Kier alpha value is -1.23. The number of rotatable bonds is 3. The molecule has 0 spiro atoms. The van der Waals surface area contributed by atoms with Gasteiger partial charge in [-0.3, -0.25) is 0 Å². The smallest absolute Gasteiger partial charge is 0.227 e. The first-order valence-corrected chi connectivity index (χ1v) is 6.91. The Morgan fingerprint density at radius 1 is 1.00 bits per heavy atom. The first-order chi connectivity index (χ1) is 9.42. The normalized spacial score (nSPS) is 10.5. The lowest BCUT2D eigenvalue weighted by Crippen LogP contribution is -2.03. The van der Waals surface area contributed by atoms with Crippen molar-refractivity contribution in [3.05, 3.63) is 38.6 Å². The van der Waals surface area contributed by atoms with E-state index in [9.17, 15) is 0 Å². The van der Waals surface area contributed by atoms with Crippen molar-refractivity contribution in [2.45, 2.75) is 13.8 Å². The van der Waals surface area contributed by atoms with Gasteiger partial charge in [0.05, 0.1) is 20.6 Å². The van der Waals surface area contributed by atoms with Crippen LogP contribution in [0.25, 0.3) is 0 Å². The lowest BCUT2D eigenvalue weighted by atomic mass is 10.3. The summed E-state index contributed by atoms with van der Waals surface area (Å²) in [6.45, 7) is 3.63. The summed E-state index contributed by atoms with van der Waals surface area (Å²) in [4.78, 5) is 8.53. The summed E-state index contributed by atoms with van der Waals surface area (Å²) in [5.74, 6) is 2.10. The third-order valence-electron chi connectivity index (χ3n) is 2.63. The first kappa shape index (κ1) is 15.2. The van der Waals surface area contributed by atoms with Gasteiger partial charge in [-0.25, -0.2) is 4.98 Å². The van der Waals surface area contributed by atoms with E-state index in [4.69, 9.17) is 39.5 Å². The lowest BCUT2D eigenvalue weighted by molar-refractivity contribution is 0.456. The average Bonchev–Trinajstić information content (AvgIpc) is 2.39. The standard InChI is InChI=1S/C13H12Cl3N3O/c1-6-12(17-3)18-7(2)19-13(6)20-11-5-9(15)8(14)4-10(11)16/h4-5H,1-3H3,(H,17,18,19). The molecule has 0 aliphatic carbocycles. The maximum absolute atomic E-state index is 6.09. The summed E-state index contributed by atoms with van der Waals surface area (Å²) in [5.41, 5.74) is 0.778. The number of nitrogens with zero attached hydrogens (tertiary/aromatic N) is 2. The van der Waals surface area contributed by atoms with Crippen LogP contribution in [0.3, 0.4) is 0 Å². The van der Waals surface area contributed by atoms with Gasteiger partial charge in [0.25, 0.3) is 0 Å². The molecule has 7 heteroatoms. The molecule has 0 bridgehead atoms. The molecule has 1 heterocycles. The van der Waals surface area contributed by atoms with E-state index >= 15 is 0 Å². The number of benzene rings is 1. The van der Waals surface area contributed by atoms with E-state index in [1.54, 1.807) is 20.0 Å². The molecule has 0 amide bonds. The van der Waals surface area contributed by atoms with Gasteiger partial charge < -0.3 is 10.1 Å². The van der Waals surface area contributed by atoms with Gasteiger partial charge in [-0.2, -0.15) is 4.98 Å². The minimum Gasteiger partial charge on any atom is -0.437 e. The summed E-state index contributed by atoms with van der Waals surface area (Å²) in [6.07, 6.45) is 0. The zero-order chi connectivity index (χ0) is 14.9. The van der Waals surface area contributed by atoms with Gasteiger partial charge in [0.1, 0.15) is 17.4 Å². The third kappa shape index (κ3) is 3.08. The van der Waals surface area contributed by atoms with Crippen molar-refractivity contribution in [3.63, 3.8) is 0 Å². The van der Waals surface area contributed by atoms with Crippen LogP contribution in [0.4, 0.5) is 5.82 Å². The Kier molecular flexibility index (Phi) is 4.58. The Bertz CT molecular complexity index is 662. The zero-order valence-electron chi connectivity index (χ0n) is 11.1. The van der Waals surface area contributed by atoms with Gasteiger partial charge in [-0.05, 0) is 19.9 Å². The van der Waals surface area contributed by atoms with Crippen LogP contribution in [0.15, 0.2) is 12.1 Å². The van der Waals surface area contributed by atoms with Gasteiger partial charge in [0.2, 0.25) is 5.88 Å². The van der Waals surface area contributed by atoms with Crippen molar-refractivity contribution in [3.8, 4) is 11.6 Å².